The Labute approximate surface area is 253 Å². The molecule has 5 heteroatoms. The largest absolute Gasteiger partial charge is 0.443 e. The standard InChI is InChI=1S/C38H37N3O2/c1-23-12-10-13-27(20-23)18-19-30-32(31-17-11-16-29-25(3)22-39-35(29)31)21-24(2)34-33(30)26(4)36(38(5,6)41-34)43-37(42)40-28-14-8-7-9-15-28/h7-17,20-22,26,36,39,41H,1-6H3,(H,40,42)/t26-,36+/m1/s1. The van der Waals surface area contributed by atoms with Crippen LogP contribution >= 0.6 is 0 Å². The molecule has 0 aliphatic carbocycles. The molecule has 5 nitrogen and oxygen atoms in total. The van der Waals surface area contributed by atoms with Gasteiger partial charge < -0.3 is 15.0 Å². The number of hydrogen-bond donors (Lipinski definition) is 3. The fraction of sp³-hybridized carbons (Fsp3) is 0.237. The predicted octanol–water partition coefficient (Wildman–Crippen LogP) is 9.08. The van der Waals surface area contributed by atoms with Gasteiger partial charge in [-0.15, -0.1) is 0 Å². The van der Waals surface area contributed by atoms with Gasteiger partial charge in [0.2, 0.25) is 0 Å². The van der Waals surface area contributed by atoms with Crippen LogP contribution in [0.15, 0.2) is 85.1 Å². The summed E-state index contributed by atoms with van der Waals surface area (Å²) < 4.78 is 6.21. The molecule has 2 heterocycles. The molecule has 0 radical (unpaired) electrons. The molecule has 4 aromatic carbocycles. The SMILES string of the molecule is Cc1cccc(C#Cc2c(-c3cccc4c(C)c[nH]c34)cc(C)c3c2[C@@H](C)[C@H](OC(=O)Nc2ccccc2)C(C)(C)N3)c1. The number of nitrogens with one attached hydrogen (secondary N) is 3. The molecule has 0 bridgehead atoms. The van der Waals surface area contributed by atoms with Crippen molar-refractivity contribution >= 4 is 28.4 Å². The summed E-state index contributed by atoms with van der Waals surface area (Å²) in [7, 11) is 0. The number of benzene rings is 4. The third kappa shape index (κ3) is 5.37. The lowest BCUT2D eigenvalue weighted by atomic mass is 9.74. The van der Waals surface area contributed by atoms with Crippen LogP contribution in [-0.4, -0.2) is 22.7 Å². The molecule has 1 aliphatic heterocycles. The quantitative estimate of drug-likeness (QED) is 0.191. The van der Waals surface area contributed by atoms with E-state index < -0.39 is 17.7 Å². The van der Waals surface area contributed by atoms with Gasteiger partial charge in [-0.3, -0.25) is 5.32 Å². The molecule has 1 aromatic heterocycles. The highest BCUT2D eigenvalue weighted by atomic mass is 16.6. The highest BCUT2D eigenvalue weighted by molar-refractivity contribution is 5.98. The Kier molecular flexibility index (Phi) is 7.23. The Morgan fingerprint density at radius 2 is 1.65 bits per heavy atom. The zero-order valence-corrected chi connectivity index (χ0v) is 25.6. The Balaban J connectivity index is 1.52. The second kappa shape index (κ2) is 11.0. The molecule has 0 saturated heterocycles. The smallest absolute Gasteiger partial charge is 0.411 e. The number of para-hydroxylation sites is 2. The number of aryl methyl sites for hydroxylation is 3. The van der Waals surface area contributed by atoms with E-state index in [1.807, 2.05) is 42.5 Å². The van der Waals surface area contributed by atoms with Crippen LogP contribution in [0.4, 0.5) is 16.2 Å². The van der Waals surface area contributed by atoms with Crippen molar-refractivity contribution in [1.29, 1.82) is 0 Å². The first-order chi connectivity index (χ1) is 20.6. The van der Waals surface area contributed by atoms with Crippen molar-refractivity contribution in [2.75, 3.05) is 10.6 Å². The van der Waals surface area contributed by atoms with Gasteiger partial charge in [-0.1, -0.05) is 67.3 Å². The molecule has 5 aromatic rings. The van der Waals surface area contributed by atoms with E-state index in [9.17, 15) is 4.79 Å². The minimum absolute atomic E-state index is 0.141. The van der Waals surface area contributed by atoms with Crippen molar-refractivity contribution in [3.63, 3.8) is 0 Å². The van der Waals surface area contributed by atoms with E-state index in [4.69, 9.17) is 4.74 Å². The van der Waals surface area contributed by atoms with E-state index in [1.165, 1.54) is 16.5 Å². The maximum Gasteiger partial charge on any atom is 0.411 e. The average Bonchev–Trinajstić information content (AvgIpc) is 3.36. The Morgan fingerprint density at radius 3 is 2.42 bits per heavy atom. The second-order valence-corrected chi connectivity index (χ2v) is 12.2. The number of ether oxygens (including phenoxy) is 1. The van der Waals surface area contributed by atoms with Crippen LogP contribution in [0.25, 0.3) is 22.0 Å². The molecular weight excluding hydrogens is 530 g/mol. The summed E-state index contributed by atoms with van der Waals surface area (Å²) in [6.07, 6.45) is 1.12. The topological polar surface area (TPSA) is 66.2 Å². The lowest BCUT2D eigenvalue weighted by Crippen LogP contribution is -2.52. The molecule has 0 fully saturated rings. The fourth-order valence-electron chi connectivity index (χ4n) is 6.39. The van der Waals surface area contributed by atoms with Crippen LogP contribution in [0.2, 0.25) is 0 Å². The van der Waals surface area contributed by atoms with Crippen LogP contribution < -0.4 is 10.6 Å². The lowest BCUT2D eigenvalue weighted by molar-refractivity contribution is 0.0569. The summed E-state index contributed by atoms with van der Waals surface area (Å²) in [5, 5.41) is 7.82. The number of aromatic amines is 1. The van der Waals surface area contributed by atoms with E-state index in [-0.39, 0.29) is 5.92 Å². The number of hydrogen-bond acceptors (Lipinski definition) is 3. The first-order valence-corrected chi connectivity index (χ1v) is 14.8. The van der Waals surface area contributed by atoms with Gasteiger partial charge in [0.15, 0.2) is 0 Å². The number of fused-ring (bicyclic) bond motifs is 2. The van der Waals surface area contributed by atoms with E-state index in [2.05, 4.69) is 112 Å². The van der Waals surface area contributed by atoms with Gasteiger partial charge >= 0.3 is 6.09 Å². The van der Waals surface area contributed by atoms with Gasteiger partial charge in [0, 0.05) is 51.1 Å². The highest BCUT2D eigenvalue weighted by Gasteiger charge is 2.44. The molecule has 1 aliphatic rings. The van der Waals surface area contributed by atoms with Gasteiger partial charge in [0.05, 0.1) is 11.1 Å². The van der Waals surface area contributed by atoms with E-state index >= 15 is 0 Å². The molecule has 2 atom stereocenters. The van der Waals surface area contributed by atoms with Gasteiger partial charge in [-0.25, -0.2) is 4.79 Å². The number of anilines is 2. The van der Waals surface area contributed by atoms with Crippen molar-refractivity contribution in [1.82, 2.24) is 4.98 Å². The average molecular weight is 568 g/mol. The zero-order chi connectivity index (χ0) is 30.3. The second-order valence-electron chi connectivity index (χ2n) is 12.2. The van der Waals surface area contributed by atoms with E-state index in [1.54, 1.807) is 0 Å². The molecule has 43 heavy (non-hydrogen) atoms. The number of carbonyl (C=O) groups excluding carboxylic acids is 1. The zero-order valence-electron chi connectivity index (χ0n) is 25.6. The monoisotopic (exact) mass is 567 g/mol. The summed E-state index contributed by atoms with van der Waals surface area (Å²) in [6, 6.07) is 26.3. The van der Waals surface area contributed by atoms with Crippen molar-refractivity contribution in [3.8, 4) is 23.0 Å². The number of aromatic nitrogens is 1. The van der Waals surface area contributed by atoms with Crippen molar-refractivity contribution in [2.45, 2.75) is 59.1 Å². The van der Waals surface area contributed by atoms with Crippen LogP contribution in [0.3, 0.4) is 0 Å². The number of carbonyl (C=O) groups is 1. The number of amides is 1. The summed E-state index contributed by atoms with van der Waals surface area (Å²) in [4.78, 5) is 16.7. The minimum Gasteiger partial charge on any atom is -0.443 e. The van der Waals surface area contributed by atoms with Crippen molar-refractivity contribution in [2.24, 2.45) is 0 Å². The maximum absolute atomic E-state index is 13.2. The first kappa shape index (κ1) is 28.2. The third-order valence-electron chi connectivity index (χ3n) is 8.45. The predicted molar refractivity (Wildman–Crippen MR) is 177 cm³/mol. The minimum atomic E-state index is -0.523. The van der Waals surface area contributed by atoms with Gasteiger partial charge in [-0.05, 0) is 87.2 Å². The van der Waals surface area contributed by atoms with E-state index in [0.717, 1.165) is 44.6 Å². The summed E-state index contributed by atoms with van der Waals surface area (Å²) in [6.45, 7) is 12.6. The normalized spacial score (nSPS) is 16.9. The van der Waals surface area contributed by atoms with Crippen LogP contribution in [0.1, 0.15) is 60.1 Å². The number of rotatable bonds is 3. The molecule has 216 valence electrons. The maximum atomic E-state index is 13.2. The lowest BCUT2D eigenvalue weighted by Gasteiger charge is -2.45. The van der Waals surface area contributed by atoms with Crippen molar-refractivity contribution in [3.05, 3.63) is 118 Å². The van der Waals surface area contributed by atoms with Gasteiger partial charge in [0.1, 0.15) is 6.10 Å². The summed E-state index contributed by atoms with van der Waals surface area (Å²) in [5.41, 5.74) is 10.9. The van der Waals surface area contributed by atoms with Crippen LogP contribution in [-0.2, 0) is 4.74 Å². The molecule has 6 rings (SSSR count). The van der Waals surface area contributed by atoms with E-state index in [0.29, 0.717) is 5.69 Å². The summed E-state index contributed by atoms with van der Waals surface area (Å²) >= 11 is 0. The Hall–Kier alpha value is -4.95. The van der Waals surface area contributed by atoms with Crippen LogP contribution in [0.5, 0.6) is 0 Å². The molecule has 0 spiro atoms. The van der Waals surface area contributed by atoms with Crippen molar-refractivity contribution < 1.29 is 9.53 Å². The Morgan fingerprint density at radius 1 is 0.884 bits per heavy atom. The third-order valence-corrected chi connectivity index (χ3v) is 8.45. The highest BCUT2D eigenvalue weighted by Crippen LogP contribution is 2.47. The molecule has 0 saturated carbocycles. The summed E-state index contributed by atoms with van der Waals surface area (Å²) in [5.74, 6) is 6.91. The molecule has 0 unspecified atom stereocenters. The Bertz CT molecular complexity index is 1910. The molecule has 3 N–H and O–H groups in total. The van der Waals surface area contributed by atoms with Gasteiger partial charge in [0.25, 0.3) is 0 Å². The van der Waals surface area contributed by atoms with Crippen LogP contribution in [0, 0.1) is 32.6 Å². The fourth-order valence-corrected chi connectivity index (χ4v) is 6.39. The first-order valence-electron chi connectivity index (χ1n) is 14.8. The molecule has 1 amide bonds. The van der Waals surface area contributed by atoms with Gasteiger partial charge in [-0.2, -0.15) is 0 Å². The number of H-pyrrole nitrogens is 1. The molecular formula is C38H37N3O2.